The molecule has 286 valence electrons. The molecule has 2 aliphatic heterocycles. The van der Waals surface area contributed by atoms with E-state index >= 15 is 0 Å². The first-order chi connectivity index (χ1) is 26.2. The van der Waals surface area contributed by atoms with Crippen molar-refractivity contribution >= 4 is 24.0 Å². The number of amides is 2. The molecule has 0 saturated heterocycles. The van der Waals surface area contributed by atoms with E-state index in [1.54, 1.807) is 52.5 Å². The van der Waals surface area contributed by atoms with Crippen LogP contribution >= 0.6 is 0 Å². The first-order valence-electron chi connectivity index (χ1n) is 17.9. The van der Waals surface area contributed by atoms with Gasteiger partial charge in [-0.1, -0.05) is 37.3 Å². The van der Waals surface area contributed by atoms with Crippen LogP contribution in [0.3, 0.4) is 0 Å². The molecule has 0 aliphatic carbocycles. The number of nitrogens with zero attached hydrogens (tertiary/aromatic N) is 3. The molecule has 0 fully saturated rings. The summed E-state index contributed by atoms with van der Waals surface area (Å²) in [5, 5.41) is 0. The standard InChI is InChI=1S/C43H51N3O8/c1-30(31-12-13-36(49-2)37(22-31)50-3)29-44(16-8-10-18-45-20-14-32-23-38(51-4)40(53-6)25-34(32)27-42(45)47)17-9-11-19-46-21-15-33-24-39(52-5)41(54-7)26-35(33)28-43(46)48/h8-15,20-26,30H,16-19,27-29H2,1-7H3/b10-8+,11-9+/t30-/m1/s1. The summed E-state index contributed by atoms with van der Waals surface area (Å²) in [6, 6.07) is 13.6. The molecule has 0 aromatic heterocycles. The molecule has 0 spiro atoms. The van der Waals surface area contributed by atoms with Crippen molar-refractivity contribution in [2.45, 2.75) is 25.7 Å². The van der Waals surface area contributed by atoms with E-state index in [9.17, 15) is 9.59 Å². The Morgan fingerprint density at radius 1 is 0.593 bits per heavy atom. The number of hydrogen-bond acceptors (Lipinski definition) is 9. The third-order valence-corrected chi connectivity index (χ3v) is 9.66. The first-order valence-corrected chi connectivity index (χ1v) is 17.9. The van der Waals surface area contributed by atoms with Gasteiger partial charge in [0.25, 0.3) is 0 Å². The molecule has 3 aromatic rings. The second kappa shape index (κ2) is 18.9. The molecule has 2 amide bonds. The van der Waals surface area contributed by atoms with E-state index < -0.39 is 0 Å². The topological polar surface area (TPSA) is 99.2 Å². The van der Waals surface area contributed by atoms with Crippen molar-refractivity contribution in [3.05, 3.63) is 107 Å². The molecule has 11 heteroatoms. The summed E-state index contributed by atoms with van der Waals surface area (Å²) in [5.41, 5.74) is 4.77. The zero-order valence-corrected chi connectivity index (χ0v) is 32.3. The van der Waals surface area contributed by atoms with Gasteiger partial charge >= 0.3 is 0 Å². The largest absolute Gasteiger partial charge is 0.493 e. The van der Waals surface area contributed by atoms with Crippen LogP contribution in [0.2, 0.25) is 0 Å². The van der Waals surface area contributed by atoms with Crippen molar-refractivity contribution in [1.82, 2.24) is 14.7 Å². The van der Waals surface area contributed by atoms with E-state index in [0.717, 1.165) is 34.4 Å². The van der Waals surface area contributed by atoms with Gasteiger partial charge in [-0.3, -0.25) is 14.5 Å². The zero-order chi connectivity index (χ0) is 38.6. The number of hydrogen-bond donors (Lipinski definition) is 0. The fourth-order valence-electron chi connectivity index (χ4n) is 6.55. The van der Waals surface area contributed by atoms with E-state index in [1.807, 2.05) is 73.1 Å². The number of carbonyl (C=O) groups excluding carboxylic acids is 2. The quantitative estimate of drug-likeness (QED) is 0.147. The summed E-state index contributed by atoms with van der Waals surface area (Å²) >= 11 is 0. The van der Waals surface area contributed by atoms with Gasteiger partial charge in [-0.2, -0.15) is 0 Å². The summed E-state index contributed by atoms with van der Waals surface area (Å²) in [6.45, 7) is 5.14. The van der Waals surface area contributed by atoms with Crippen LogP contribution in [0.1, 0.15) is 40.7 Å². The Bertz CT molecular complexity index is 1810. The SMILES string of the molecule is COc1ccc([C@H](C)CN(C/C=C/CN2C=Cc3cc(OC)c(OC)cc3CC2=O)C/C=C/CN2C=Cc3cc(OC)c(OC)cc3CC2=O)cc1OC. The van der Waals surface area contributed by atoms with E-state index in [4.69, 9.17) is 28.4 Å². The molecule has 3 aromatic carbocycles. The van der Waals surface area contributed by atoms with Crippen molar-refractivity contribution < 1.29 is 38.0 Å². The van der Waals surface area contributed by atoms with Gasteiger partial charge in [0.15, 0.2) is 34.5 Å². The minimum absolute atomic E-state index is 0.00205. The predicted octanol–water partition coefficient (Wildman–Crippen LogP) is 6.37. The Labute approximate surface area is 318 Å². The normalized spacial score (nSPS) is 14.6. The Balaban J connectivity index is 1.25. The summed E-state index contributed by atoms with van der Waals surface area (Å²) < 4.78 is 32.8. The summed E-state index contributed by atoms with van der Waals surface area (Å²) in [5.74, 6) is 4.01. The zero-order valence-electron chi connectivity index (χ0n) is 32.3. The van der Waals surface area contributed by atoms with Gasteiger partial charge < -0.3 is 38.2 Å². The second-order valence-electron chi connectivity index (χ2n) is 13.1. The number of carbonyl (C=O) groups is 2. The number of fused-ring (bicyclic) bond motifs is 2. The highest BCUT2D eigenvalue weighted by atomic mass is 16.5. The highest BCUT2D eigenvalue weighted by molar-refractivity contribution is 5.85. The van der Waals surface area contributed by atoms with Gasteiger partial charge in [-0.05, 0) is 82.3 Å². The minimum Gasteiger partial charge on any atom is -0.493 e. The maximum absolute atomic E-state index is 13.2. The molecule has 0 unspecified atom stereocenters. The lowest BCUT2D eigenvalue weighted by molar-refractivity contribution is -0.128. The van der Waals surface area contributed by atoms with Crippen LogP contribution in [-0.2, 0) is 22.4 Å². The van der Waals surface area contributed by atoms with Crippen LogP contribution in [0, 0.1) is 0 Å². The Hall–Kier alpha value is -5.68. The lowest BCUT2D eigenvalue weighted by Crippen LogP contribution is -2.30. The summed E-state index contributed by atoms with van der Waals surface area (Å²) in [4.78, 5) is 32.2. The van der Waals surface area contributed by atoms with E-state index in [1.165, 1.54) is 0 Å². The van der Waals surface area contributed by atoms with Gasteiger partial charge in [0.05, 0.1) is 55.5 Å². The van der Waals surface area contributed by atoms with Crippen LogP contribution in [0.15, 0.2) is 79.2 Å². The van der Waals surface area contributed by atoms with Crippen LogP contribution < -0.4 is 28.4 Å². The van der Waals surface area contributed by atoms with Crippen LogP contribution in [0.4, 0.5) is 0 Å². The Morgan fingerprint density at radius 2 is 1.02 bits per heavy atom. The van der Waals surface area contributed by atoms with Crippen LogP contribution in [0.5, 0.6) is 34.5 Å². The van der Waals surface area contributed by atoms with E-state index in [-0.39, 0.29) is 30.6 Å². The monoisotopic (exact) mass is 737 g/mol. The van der Waals surface area contributed by atoms with Gasteiger partial charge in [0.1, 0.15) is 0 Å². The number of rotatable bonds is 17. The van der Waals surface area contributed by atoms with Crippen LogP contribution in [0.25, 0.3) is 12.2 Å². The average molecular weight is 738 g/mol. The van der Waals surface area contributed by atoms with Crippen molar-refractivity contribution in [1.29, 1.82) is 0 Å². The molecular formula is C43H51N3O8. The fourth-order valence-corrected chi connectivity index (χ4v) is 6.55. The molecule has 0 saturated carbocycles. The van der Waals surface area contributed by atoms with Crippen molar-refractivity contribution in [3.63, 3.8) is 0 Å². The maximum atomic E-state index is 13.2. The smallest absolute Gasteiger partial charge is 0.231 e. The van der Waals surface area contributed by atoms with Gasteiger partial charge in [0.2, 0.25) is 11.8 Å². The molecule has 54 heavy (non-hydrogen) atoms. The molecule has 1 atom stereocenters. The Morgan fingerprint density at radius 3 is 1.46 bits per heavy atom. The fraction of sp³-hybridized carbons (Fsp3) is 0.349. The van der Waals surface area contributed by atoms with Crippen molar-refractivity contribution in [2.75, 3.05) is 75.4 Å². The third kappa shape index (κ3) is 9.64. The molecule has 2 heterocycles. The molecule has 0 bridgehead atoms. The predicted molar refractivity (Wildman–Crippen MR) is 211 cm³/mol. The molecule has 0 radical (unpaired) electrons. The van der Waals surface area contributed by atoms with Crippen molar-refractivity contribution in [3.8, 4) is 34.5 Å². The third-order valence-electron chi connectivity index (χ3n) is 9.66. The van der Waals surface area contributed by atoms with Gasteiger partial charge in [-0.15, -0.1) is 0 Å². The lowest BCUT2D eigenvalue weighted by atomic mass is 10.00. The van der Waals surface area contributed by atoms with E-state index in [2.05, 4.69) is 30.0 Å². The maximum Gasteiger partial charge on any atom is 0.231 e. The number of ether oxygens (including phenoxy) is 6. The summed E-state index contributed by atoms with van der Waals surface area (Å²) in [7, 11) is 9.65. The van der Waals surface area contributed by atoms with Gasteiger partial charge in [-0.25, -0.2) is 0 Å². The second-order valence-corrected chi connectivity index (χ2v) is 13.1. The Kier molecular flexibility index (Phi) is 13.8. The number of benzene rings is 3. The molecule has 11 nitrogen and oxygen atoms in total. The van der Waals surface area contributed by atoms with Gasteiger partial charge in [0, 0.05) is 45.1 Å². The lowest BCUT2D eigenvalue weighted by Gasteiger charge is -2.24. The highest BCUT2D eigenvalue weighted by Gasteiger charge is 2.21. The minimum atomic E-state index is 0.00205. The highest BCUT2D eigenvalue weighted by Crippen LogP contribution is 2.34. The molecule has 2 aliphatic rings. The molecule has 0 N–H and O–H groups in total. The van der Waals surface area contributed by atoms with Crippen molar-refractivity contribution in [2.24, 2.45) is 0 Å². The number of methoxy groups -OCH3 is 6. The summed E-state index contributed by atoms with van der Waals surface area (Å²) in [6.07, 6.45) is 16.3. The first kappa shape index (κ1) is 39.5. The average Bonchev–Trinajstić information content (AvgIpc) is 3.44. The molecule has 5 rings (SSSR count). The van der Waals surface area contributed by atoms with E-state index in [0.29, 0.717) is 60.7 Å². The molecular weight excluding hydrogens is 686 g/mol. The van der Waals surface area contributed by atoms with Crippen LogP contribution in [-0.4, -0.2) is 102 Å².